The summed E-state index contributed by atoms with van der Waals surface area (Å²) in [5, 5.41) is 0. The van der Waals surface area contributed by atoms with Crippen molar-refractivity contribution in [3.63, 3.8) is 0 Å². The number of hydrogen-bond donors (Lipinski definition) is 1. The molecule has 0 spiro atoms. The molecule has 0 aromatic heterocycles. The van der Waals surface area contributed by atoms with Crippen molar-refractivity contribution >= 4 is 0 Å². The normalized spacial score (nSPS) is 12.7. The molecule has 0 aliphatic carbocycles. The van der Waals surface area contributed by atoms with Gasteiger partial charge in [-0.2, -0.15) is 0 Å². The average Bonchev–Trinajstić information content (AvgIpc) is 2.41. The lowest BCUT2D eigenvalue weighted by Gasteiger charge is -2.16. The Hall–Kier alpha value is -1.67. The fraction of sp³-hybridized carbons (Fsp3) is 0.294. The van der Waals surface area contributed by atoms with Crippen molar-refractivity contribution in [3.05, 3.63) is 70.5 Å². The Bertz CT molecular complexity index is 558. The molecule has 0 aliphatic rings. The molecular weight excluding hydrogens is 237 g/mol. The first-order valence-corrected chi connectivity index (χ1v) is 6.60. The highest BCUT2D eigenvalue weighted by molar-refractivity contribution is 5.38. The predicted octanol–water partition coefficient (Wildman–Crippen LogP) is 4.31. The maximum absolute atomic E-state index is 13.3. The molecule has 2 rings (SSSR count). The molecular formula is C17H20FN. The maximum atomic E-state index is 13.3. The average molecular weight is 257 g/mol. The van der Waals surface area contributed by atoms with Gasteiger partial charge in [-0.25, -0.2) is 4.39 Å². The summed E-state index contributed by atoms with van der Waals surface area (Å²) in [6.07, 6.45) is 0. The van der Waals surface area contributed by atoms with Crippen molar-refractivity contribution in [2.24, 2.45) is 5.73 Å². The Morgan fingerprint density at radius 2 is 1.53 bits per heavy atom. The quantitative estimate of drug-likeness (QED) is 0.871. The second kappa shape index (κ2) is 5.54. The van der Waals surface area contributed by atoms with Gasteiger partial charge in [-0.05, 0) is 47.2 Å². The zero-order chi connectivity index (χ0) is 14.0. The summed E-state index contributed by atoms with van der Waals surface area (Å²) in [6.45, 7) is 6.27. The summed E-state index contributed by atoms with van der Waals surface area (Å²) in [7, 11) is 0. The van der Waals surface area contributed by atoms with Gasteiger partial charge in [-0.3, -0.25) is 0 Å². The van der Waals surface area contributed by atoms with Crippen molar-refractivity contribution in [2.45, 2.75) is 32.7 Å². The molecule has 0 bridgehead atoms. The molecule has 0 fully saturated rings. The Morgan fingerprint density at radius 1 is 0.947 bits per heavy atom. The topological polar surface area (TPSA) is 26.0 Å². The SMILES string of the molecule is Cc1ccc(F)cc1C(N)c1ccc(C(C)C)cc1. The summed E-state index contributed by atoms with van der Waals surface area (Å²) in [6, 6.07) is 12.7. The summed E-state index contributed by atoms with van der Waals surface area (Å²) in [5.41, 5.74) is 10.4. The van der Waals surface area contributed by atoms with Gasteiger partial charge in [0.1, 0.15) is 5.82 Å². The molecule has 2 aromatic rings. The van der Waals surface area contributed by atoms with Crippen LogP contribution in [-0.2, 0) is 0 Å². The van der Waals surface area contributed by atoms with Crippen LogP contribution in [0.3, 0.4) is 0 Å². The number of hydrogen-bond acceptors (Lipinski definition) is 1. The van der Waals surface area contributed by atoms with Crippen LogP contribution < -0.4 is 5.73 Å². The van der Waals surface area contributed by atoms with Crippen molar-refractivity contribution in [1.29, 1.82) is 0 Å². The van der Waals surface area contributed by atoms with Gasteiger partial charge in [0.25, 0.3) is 0 Å². The zero-order valence-corrected chi connectivity index (χ0v) is 11.7. The molecule has 100 valence electrons. The summed E-state index contributed by atoms with van der Waals surface area (Å²) >= 11 is 0. The smallest absolute Gasteiger partial charge is 0.123 e. The molecule has 0 saturated heterocycles. The number of nitrogens with two attached hydrogens (primary N) is 1. The van der Waals surface area contributed by atoms with Crippen LogP contribution >= 0.6 is 0 Å². The van der Waals surface area contributed by atoms with Crippen molar-refractivity contribution < 1.29 is 4.39 Å². The Balaban J connectivity index is 2.33. The van der Waals surface area contributed by atoms with E-state index in [1.165, 1.54) is 17.7 Å². The highest BCUT2D eigenvalue weighted by atomic mass is 19.1. The van der Waals surface area contributed by atoms with Crippen LogP contribution in [-0.4, -0.2) is 0 Å². The first kappa shape index (κ1) is 13.8. The highest BCUT2D eigenvalue weighted by Gasteiger charge is 2.12. The molecule has 0 radical (unpaired) electrons. The van der Waals surface area contributed by atoms with Gasteiger partial charge in [-0.1, -0.05) is 44.2 Å². The van der Waals surface area contributed by atoms with E-state index in [1.54, 1.807) is 6.07 Å². The second-order valence-electron chi connectivity index (χ2n) is 5.30. The first-order chi connectivity index (χ1) is 8.99. The number of benzene rings is 2. The van der Waals surface area contributed by atoms with Crippen LogP contribution in [0.15, 0.2) is 42.5 Å². The van der Waals surface area contributed by atoms with Gasteiger partial charge in [0.15, 0.2) is 0 Å². The Kier molecular flexibility index (Phi) is 4.01. The molecule has 1 unspecified atom stereocenters. The van der Waals surface area contributed by atoms with Gasteiger partial charge < -0.3 is 5.73 Å². The van der Waals surface area contributed by atoms with Crippen molar-refractivity contribution in [3.8, 4) is 0 Å². The molecule has 2 heteroatoms. The van der Waals surface area contributed by atoms with Gasteiger partial charge in [0.05, 0.1) is 6.04 Å². The number of rotatable bonds is 3. The van der Waals surface area contributed by atoms with E-state index < -0.39 is 0 Å². The molecule has 1 nitrogen and oxygen atoms in total. The molecule has 0 amide bonds. The monoisotopic (exact) mass is 257 g/mol. The summed E-state index contributed by atoms with van der Waals surface area (Å²) in [4.78, 5) is 0. The van der Waals surface area contributed by atoms with Crippen molar-refractivity contribution in [2.75, 3.05) is 0 Å². The minimum atomic E-state index is -0.281. The standard InChI is InChI=1S/C17H20FN/c1-11(2)13-5-7-14(8-6-13)17(19)16-10-15(18)9-4-12(16)3/h4-11,17H,19H2,1-3H3. The van der Waals surface area contributed by atoms with Crippen LogP contribution in [0, 0.1) is 12.7 Å². The van der Waals surface area contributed by atoms with Crippen molar-refractivity contribution in [1.82, 2.24) is 0 Å². The minimum Gasteiger partial charge on any atom is -0.320 e. The fourth-order valence-corrected chi connectivity index (χ4v) is 2.21. The molecule has 19 heavy (non-hydrogen) atoms. The molecule has 0 heterocycles. The largest absolute Gasteiger partial charge is 0.320 e. The van der Waals surface area contributed by atoms with E-state index in [9.17, 15) is 4.39 Å². The van der Waals surface area contributed by atoms with E-state index >= 15 is 0 Å². The maximum Gasteiger partial charge on any atom is 0.123 e. The number of aryl methyl sites for hydroxylation is 1. The molecule has 2 aromatic carbocycles. The molecule has 0 saturated carbocycles. The fourth-order valence-electron chi connectivity index (χ4n) is 2.21. The van der Waals surface area contributed by atoms with E-state index in [2.05, 4.69) is 26.0 Å². The van der Waals surface area contributed by atoms with Crippen LogP contribution in [0.5, 0.6) is 0 Å². The van der Waals surface area contributed by atoms with Crippen LogP contribution in [0.4, 0.5) is 4.39 Å². The Labute approximate surface area is 114 Å². The third-order valence-corrected chi connectivity index (χ3v) is 3.54. The lowest BCUT2D eigenvalue weighted by Crippen LogP contribution is -2.13. The third kappa shape index (κ3) is 3.02. The first-order valence-electron chi connectivity index (χ1n) is 6.60. The van der Waals surface area contributed by atoms with Crippen LogP contribution in [0.2, 0.25) is 0 Å². The highest BCUT2D eigenvalue weighted by Crippen LogP contribution is 2.25. The molecule has 0 aliphatic heterocycles. The lowest BCUT2D eigenvalue weighted by atomic mass is 9.93. The van der Waals surface area contributed by atoms with E-state index in [-0.39, 0.29) is 11.9 Å². The van der Waals surface area contributed by atoms with E-state index in [0.717, 1.165) is 16.7 Å². The second-order valence-corrected chi connectivity index (χ2v) is 5.30. The molecule has 2 N–H and O–H groups in total. The minimum absolute atomic E-state index is 0.241. The van der Waals surface area contributed by atoms with E-state index in [1.807, 2.05) is 19.1 Å². The third-order valence-electron chi connectivity index (χ3n) is 3.54. The van der Waals surface area contributed by atoms with E-state index in [0.29, 0.717) is 5.92 Å². The molecule has 1 atom stereocenters. The Morgan fingerprint density at radius 3 is 2.11 bits per heavy atom. The van der Waals surface area contributed by atoms with Crippen LogP contribution in [0.25, 0.3) is 0 Å². The van der Waals surface area contributed by atoms with E-state index in [4.69, 9.17) is 5.73 Å². The van der Waals surface area contributed by atoms with Gasteiger partial charge >= 0.3 is 0 Å². The summed E-state index contributed by atoms with van der Waals surface area (Å²) < 4.78 is 13.3. The lowest BCUT2D eigenvalue weighted by molar-refractivity contribution is 0.622. The van der Waals surface area contributed by atoms with Crippen LogP contribution in [0.1, 0.15) is 48.1 Å². The van der Waals surface area contributed by atoms with Gasteiger partial charge in [0.2, 0.25) is 0 Å². The predicted molar refractivity (Wildman–Crippen MR) is 77.7 cm³/mol. The zero-order valence-electron chi connectivity index (χ0n) is 11.7. The summed E-state index contributed by atoms with van der Waals surface area (Å²) in [5.74, 6) is 0.260. The van der Waals surface area contributed by atoms with Gasteiger partial charge in [-0.15, -0.1) is 0 Å². The van der Waals surface area contributed by atoms with Gasteiger partial charge in [0, 0.05) is 0 Å². The number of halogens is 1.